The number of hydrogen-bond donors (Lipinski definition) is 1. The van der Waals surface area contributed by atoms with E-state index >= 15 is 0 Å². The van der Waals surface area contributed by atoms with E-state index in [-0.39, 0.29) is 23.1 Å². The summed E-state index contributed by atoms with van der Waals surface area (Å²) in [6, 6.07) is 3.10. The third-order valence-corrected chi connectivity index (χ3v) is 11.9. The number of ether oxygens (including phenoxy) is 1. The van der Waals surface area contributed by atoms with Crippen molar-refractivity contribution in [1.82, 2.24) is 0 Å². The van der Waals surface area contributed by atoms with Crippen LogP contribution >= 0.6 is 0 Å². The molecule has 0 bridgehead atoms. The molecule has 5 nitrogen and oxygen atoms in total. The highest BCUT2D eigenvalue weighted by atomic mass is 16.5. The maximum atomic E-state index is 12.6. The quantitative estimate of drug-likeness (QED) is 0.473. The van der Waals surface area contributed by atoms with Crippen LogP contribution in [0, 0.1) is 39.9 Å². The van der Waals surface area contributed by atoms with Crippen molar-refractivity contribution in [3.63, 3.8) is 0 Å². The minimum Gasteiger partial charge on any atom is -0.461 e. The molecule has 4 aliphatic carbocycles. The van der Waals surface area contributed by atoms with Gasteiger partial charge in [0.05, 0.1) is 6.26 Å². The molecule has 1 unspecified atom stereocenters. The van der Waals surface area contributed by atoms with Crippen LogP contribution in [0.4, 0.5) is 0 Å². The molecule has 0 aromatic carbocycles. The van der Waals surface area contributed by atoms with Crippen LogP contribution in [0.1, 0.15) is 110 Å². The maximum Gasteiger partial charge on any atom is 0.335 e. The van der Waals surface area contributed by atoms with Crippen LogP contribution in [0.3, 0.4) is 0 Å². The molecule has 0 amide bonds. The van der Waals surface area contributed by atoms with E-state index in [1.54, 1.807) is 12.3 Å². The van der Waals surface area contributed by atoms with Gasteiger partial charge in [0.25, 0.3) is 0 Å². The van der Waals surface area contributed by atoms with Crippen LogP contribution in [0.5, 0.6) is 0 Å². The molecule has 200 valence electrons. The van der Waals surface area contributed by atoms with E-state index < -0.39 is 6.04 Å². The van der Waals surface area contributed by atoms with Crippen LogP contribution in [-0.4, -0.2) is 18.1 Å². The maximum absolute atomic E-state index is 12.6. The van der Waals surface area contributed by atoms with E-state index in [9.17, 15) is 9.59 Å². The van der Waals surface area contributed by atoms with Crippen molar-refractivity contribution < 1.29 is 13.9 Å². The normalized spacial score (nSPS) is 42.8. The Labute approximate surface area is 216 Å². The largest absolute Gasteiger partial charge is 0.461 e. The average molecular weight is 498 g/mol. The SMILES string of the molecule is CC(C)CC(N)C(=O)O[C@H]1CC[C@@]2(C)[C@H](CC[C@@H]3[C@@H]2CC[C@]2(C)[C@@H](c4ccc(=O)oc4)CC[C@]32C)C1. The zero-order valence-electron chi connectivity index (χ0n) is 23.1. The summed E-state index contributed by atoms with van der Waals surface area (Å²) < 4.78 is 11.3. The summed E-state index contributed by atoms with van der Waals surface area (Å²) in [7, 11) is 0. The smallest absolute Gasteiger partial charge is 0.335 e. The van der Waals surface area contributed by atoms with Crippen LogP contribution in [0.25, 0.3) is 0 Å². The van der Waals surface area contributed by atoms with Gasteiger partial charge in [-0.25, -0.2) is 4.79 Å². The Kier molecular flexibility index (Phi) is 6.71. The summed E-state index contributed by atoms with van der Waals surface area (Å²) in [6.45, 7) is 11.9. The second kappa shape index (κ2) is 9.29. The Morgan fingerprint density at radius 2 is 1.78 bits per heavy atom. The number of hydrogen-bond acceptors (Lipinski definition) is 5. The summed E-state index contributed by atoms with van der Waals surface area (Å²) >= 11 is 0. The van der Waals surface area contributed by atoms with Gasteiger partial charge in [0.2, 0.25) is 0 Å². The Balaban J connectivity index is 1.30. The van der Waals surface area contributed by atoms with Gasteiger partial charge < -0.3 is 14.9 Å². The first-order valence-electron chi connectivity index (χ1n) is 14.5. The van der Waals surface area contributed by atoms with E-state index in [1.807, 2.05) is 6.07 Å². The Bertz CT molecular complexity index is 1010. The minimum absolute atomic E-state index is 0.0263. The molecule has 1 aromatic rings. The van der Waals surface area contributed by atoms with Crippen LogP contribution in [0.15, 0.2) is 27.6 Å². The summed E-state index contributed by atoms with van der Waals surface area (Å²) in [5.41, 5.74) is 7.93. The Morgan fingerprint density at radius 3 is 2.47 bits per heavy atom. The lowest BCUT2D eigenvalue weighted by Crippen LogP contribution is -2.57. The summed E-state index contributed by atoms with van der Waals surface area (Å²) in [4.78, 5) is 24.2. The Morgan fingerprint density at radius 1 is 1.03 bits per heavy atom. The zero-order chi connectivity index (χ0) is 25.9. The predicted octanol–water partition coefficient (Wildman–Crippen LogP) is 6.44. The van der Waals surface area contributed by atoms with Crippen molar-refractivity contribution in [2.75, 3.05) is 0 Å². The zero-order valence-corrected chi connectivity index (χ0v) is 23.1. The van der Waals surface area contributed by atoms with Crippen LogP contribution < -0.4 is 11.4 Å². The molecule has 0 spiro atoms. The van der Waals surface area contributed by atoms with Crippen LogP contribution in [-0.2, 0) is 9.53 Å². The highest BCUT2D eigenvalue weighted by Crippen LogP contribution is 2.74. The molecule has 1 aromatic heterocycles. The molecule has 0 radical (unpaired) electrons. The van der Waals surface area contributed by atoms with Gasteiger partial charge in [-0.3, -0.25) is 4.79 Å². The molecule has 0 saturated heterocycles. The lowest BCUT2D eigenvalue weighted by molar-refractivity contribution is -0.173. The number of esters is 1. The lowest BCUT2D eigenvalue weighted by Gasteiger charge is -2.64. The first-order valence-corrected chi connectivity index (χ1v) is 14.5. The highest BCUT2D eigenvalue weighted by Gasteiger charge is 2.65. The van der Waals surface area contributed by atoms with Gasteiger partial charge in [0, 0.05) is 6.07 Å². The fourth-order valence-corrected chi connectivity index (χ4v) is 9.69. The van der Waals surface area contributed by atoms with Gasteiger partial charge in [0.15, 0.2) is 0 Å². The molecule has 4 saturated carbocycles. The molecule has 4 aliphatic rings. The molecule has 5 heteroatoms. The van der Waals surface area contributed by atoms with Crippen molar-refractivity contribution in [2.24, 2.45) is 45.7 Å². The van der Waals surface area contributed by atoms with E-state index in [1.165, 1.54) is 44.1 Å². The minimum atomic E-state index is -0.502. The predicted molar refractivity (Wildman–Crippen MR) is 141 cm³/mol. The van der Waals surface area contributed by atoms with Gasteiger partial charge in [-0.15, -0.1) is 0 Å². The lowest BCUT2D eigenvalue weighted by atomic mass is 9.40. The molecule has 2 N–H and O–H groups in total. The van der Waals surface area contributed by atoms with Crippen molar-refractivity contribution >= 4 is 5.97 Å². The van der Waals surface area contributed by atoms with E-state index in [0.29, 0.717) is 35.0 Å². The van der Waals surface area contributed by atoms with Crippen molar-refractivity contribution in [1.29, 1.82) is 0 Å². The number of fused-ring (bicyclic) bond motifs is 5. The van der Waals surface area contributed by atoms with E-state index in [2.05, 4.69) is 34.6 Å². The number of carbonyl (C=O) groups excluding carboxylic acids is 1. The molecule has 5 rings (SSSR count). The van der Waals surface area contributed by atoms with Gasteiger partial charge in [-0.05, 0) is 122 Å². The van der Waals surface area contributed by atoms with Crippen molar-refractivity contribution in [3.8, 4) is 0 Å². The molecular formula is C31H47NO4. The van der Waals surface area contributed by atoms with E-state index in [4.69, 9.17) is 14.9 Å². The van der Waals surface area contributed by atoms with Crippen molar-refractivity contribution in [2.45, 2.75) is 117 Å². The van der Waals surface area contributed by atoms with E-state index in [0.717, 1.165) is 31.1 Å². The van der Waals surface area contributed by atoms with Gasteiger partial charge in [-0.1, -0.05) is 34.6 Å². The summed E-state index contributed by atoms with van der Waals surface area (Å²) in [5, 5.41) is 0. The third kappa shape index (κ3) is 4.08. The first kappa shape index (κ1) is 26.0. The second-order valence-corrected chi connectivity index (χ2v) is 13.9. The topological polar surface area (TPSA) is 82.5 Å². The molecule has 0 aliphatic heterocycles. The number of nitrogens with two attached hydrogens (primary N) is 1. The average Bonchev–Trinajstić information content (AvgIpc) is 3.10. The molecule has 1 heterocycles. The monoisotopic (exact) mass is 497 g/mol. The molecule has 9 atom stereocenters. The number of rotatable bonds is 5. The standard InChI is InChI=1S/C31H47NO4/c1-19(2)16-26(32)28(34)36-22-10-13-29(3)21(17-22)7-8-25-24(29)12-15-30(4)23(11-14-31(25,30)5)20-6-9-27(33)35-18-20/h6,9,18-19,21-26H,7-8,10-17,32H2,1-5H3/t21-,22+,23-,24+,25-,26?,29+,30-,31-/m1/s1. The van der Waals surface area contributed by atoms with Gasteiger partial charge >= 0.3 is 11.6 Å². The number of carbonyl (C=O) groups is 1. The Hall–Kier alpha value is -1.62. The fourth-order valence-electron chi connectivity index (χ4n) is 9.69. The highest BCUT2D eigenvalue weighted by molar-refractivity contribution is 5.75. The second-order valence-electron chi connectivity index (χ2n) is 13.9. The summed E-state index contributed by atoms with van der Waals surface area (Å²) in [5.74, 6) is 2.74. The fraction of sp³-hybridized carbons (Fsp3) is 0.806. The van der Waals surface area contributed by atoms with Crippen molar-refractivity contribution in [3.05, 3.63) is 34.4 Å². The van der Waals surface area contributed by atoms with Gasteiger partial charge in [0.1, 0.15) is 12.1 Å². The molecular weight excluding hydrogens is 450 g/mol. The van der Waals surface area contributed by atoms with Crippen LogP contribution in [0.2, 0.25) is 0 Å². The first-order chi connectivity index (χ1) is 17.0. The third-order valence-electron chi connectivity index (χ3n) is 11.9. The van der Waals surface area contributed by atoms with Gasteiger partial charge in [-0.2, -0.15) is 0 Å². The summed E-state index contributed by atoms with van der Waals surface area (Å²) in [6.07, 6.45) is 13.0. The molecule has 36 heavy (non-hydrogen) atoms. The molecule has 4 fully saturated rings.